The van der Waals surface area contributed by atoms with Gasteiger partial charge in [0.1, 0.15) is 0 Å². The summed E-state index contributed by atoms with van der Waals surface area (Å²) in [5.41, 5.74) is 5.63. The Morgan fingerprint density at radius 1 is 1.00 bits per heavy atom. The Morgan fingerprint density at radius 2 is 1.85 bits per heavy atom. The number of benzene rings is 2. The lowest BCUT2D eigenvalue weighted by Crippen LogP contribution is -1.99. The van der Waals surface area contributed by atoms with Crippen LogP contribution in [0.1, 0.15) is 28.7 Å². The van der Waals surface area contributed by atoms with Crippen LogP contribution in [0.3, 0.4) is 0 Å². The van der Waals surface area contributed by atoms with E-state index in [4.69, 9.17) is 10.3 Å². The van der Waals surface area contributed by atoms with Crippen LogP contribution in [0.4, 0.5) is 0 Å². The van der Waals surface area contributed by atoms with E-state index in [2.05, 4.69) is 36.4 Å². The Hall–Kier alpha value is -2.40. The highest BCUT2D eigenvalue weighted by Gasteiger charge is 2.19. The molecule has 0 aromatic heterocycles. The van der Waals surface area contributed by atoms with Gasteiger partial charge in [-0.15, -0.1) is 0 Å². The first-order chi connectivity index (χ1) is 9.88. The van der Waals surface area contributed by atoms with Crippen molar-refractivity contribution in [2.24, 2.45) is 4.99 Å². The average Bonchev–Trinajstić information content (AvgIpc) is 2.92. The maximum Gasteiger partial charge on any atom is 0.0994 e. The van der Waals surface area contributed by atoms with Crippen molar-refractivity contribution in [3.63, 3.8) is 0 Å². The van der Waals surface area contributed by atoms with Crippen LogP contribution in [0.2, 0.25) is 0 Å². The third-order valence-electron chi connectivity index (χ3n) is 3.77. The molecular weight excluding hydrogens is 244 g/mol. The van der Waals surface area contributed by atoms with E-state index in [1.807, 2.05) is 18.2 Å². The van der Waals surface area contributed by atoms with Gasteiger partial charge in [0.2, 0.25) is 0 Å². The third kappa shape index (κ3) is 2.48. The Morgan fingerprint density at radius 3 is 2.65 bits per heavy atom. The fourth-order valence-corrected chi connectivity index (χ4v) is 2.74. The van der Waals surface area contributed by atoms with E-state index in [0.29, 0.717) is 0 Å². The molecule has 0 saturated carbocycles. The summed E-state index contributed by atoms with van der Waals surface area (Å²) >= 11 is 0. The molecule has 0 amide bonds. The number of rotatable bonds is 3. The molecule has 98 valence electrons. The minimum Gasteiger partial charge on any atom is -0.289 e. The van der Waals surface area contributed by atoms with Crippen LogP contribution in [0, 0.1) is 11.3 Å². The highest BCUT2D eigenvalue weighted by atomic mass is 14.7. The predicted molar refractivity (Wildman–Crippen MR) is 81.0 cm³/mol. The van der Waals surface area contributed by atoms with E-state index in [-0.39, 0.29) is 0 Å². The first-order valence-electron chi connectivity index (χ1n) is 6.98. The Labute approximate surface area is 119 Å². The molecule has 0 atom stereocenters. The van der Waals surface area contributed by atoms with Crippen molar-refractivity contribution < 1.29 is 0 Å². The monoisotopic (exact) mass is 260 g/mol. The van der Waals surface area contributed by atoms with E-state index < -0.39 is 0 Å². The zero-order valence-electron chi connectivity index (χ0n) is 11.3. The van der Waals surface area contributed by atoms with E-state index >= 15 is 0 Å². The minimum absolute atomic E-state index is 0.802. The highest BCUT2D eigenvalue weighted by molar-refractivity contribution is 6.05. The molecule has 0 bridgehead atoms. The fourth-order valence-electron chi connectivity index (χ4n) is 2.74. The molecule has 2 nitrogen and oxygen atoms in total. The normalized spacial score (nSPS) is 15.1. The summed E-state index contributed by atoms with van der Waals surface area (Å²) in [6.07, 6.45) is 2.88. The van der Waals surface area contributed by atoms with Crippen LogP contribution < -0.4 is 0 Å². The number of hydrogen-bond donors (Lipinski definition) is 0. The van der Waals surface area contributed by atoms with Crippen LogP contribution in [-0.2, 0) is 12.8 Å². The molecule has 0 N–H and O–H groups in total. The van der Waals surface area contributed by atoms with Crippen LogP contribution in [0.15, 0.2) is 53.5 Å². The van der Waals surface area contributed by atoms with Gasteiger partial charge in [-0.05, 0) is 36.5 Å². The standard InChI is InChI=1S/C18H16N2/c19-13-15-7-4-8-17-16(15)9-10-18(17)20-12-11-14-5-2-1-3-6-14/h1-8H,9-12H2/b20-18-. The molecule has 0 saturated heterocycles. The fraction of sp³-hybridized carbons (Fsp3) is 0.222. The zero-order chi connectivity index (χ0) is 13.8. The summed E-state index contributed by atoms with van der Waals surface area (Å²) in [4.78, 5) is 4.74. The van der Waals surface area contributed by atoms with Crippen molar-refractivity contribution in [1.82, 2.24) is 0 Å². The van der Waals surface area contributed by atoms with Crippen LogP contribution in [-0.4, -0.2) is 12.3 Å². The summed E-state index contributed by atoms with van der Waals surface area (Å²) in [5.74, 6) is 0. The number of fused-ring (bicyclic) bond motifs is 1. The lowest BCUT2D eigenvalue weighted by Gasteiger charge is -2.02. The molecule has 0 heterocycles. The third-order valence-corrected chi connectivity index (χ3v) is 3.77. The van der Waals surface area contributed by atoms with Crippen LogP contribution >= 0.6 is 0 Å². The van der Waals surface area contributed by atoms with Crippen molar-refractivity contribution in [3.05, 3.63) is 70.8 Å². The topological polar surface area (TPSA) is 36.1 Å². The van der Waals surface area contributed by atoms with Crippen molar-refractivity contribution in [1.29, 1.82) is 5.26 Å². The predicted octanol–water partition coefficient (Wildman–Crippen LogP) is 3.54. The quantitative estimate of drug-likeness (QED) is 0.831. The molecule has 2 aromatic carbocycles. The molecule has 0 spiro atoms. The summed E-state index contributed by atoms with van der Waals surface area (Å²) in [5, 5.41) is 9.12. The average molecular weight is 260 g/mol. The van der Waals surface area contributed by atoms with E-state index in [0.717, 1.165) is 37.1 Å². The van der Waals surface area contributed by atoms with Gasteiger partial charge in [-0.25, -0.2) is 0 Å². The largest absolute Gasteiger partial charge is 0.289 e. The van der Waals surface area contributed by atoms with Gasteiger partial charge in [-0.2, -0.15) is 5.26 Å². The van der Waals surface area contributed by atoms with Gasteiger partial charge in [0.05, 0.1) is 11.6 Å². The van der Waals surface area contributed by atoms with Gasteiger partial charge in [-0.3, -0.25) is 4.99 Å². The molecule has 1 aliphatic carbocycles. The molecule has 0 aliphatic heterocycles. The number of nitriles is 1. The molecule has 0 fully saturated rings. The van der Waals surface area contributed by atoms with E-state index in [1.165, 1.54) is 16.7 Å². The molecule has 2 heteroatoms. The summed E-state index contributed by atoms with van der Waals surface area (Å²) in [6, 6.07) is 18.6. The Kier molecular flexibility index (Phi) is 3.60. The molecular formula is C18H16N2. The van der Waals surface area contributed by atoms with Gasteiger partial charge in [0.25, 0.3) is 0 Å². The smallest absolute Gasteiger partial charge is 0.0994 e. The molecule has 3 rings (SSSR count). The molecule has 0 unspecified atom stereocenters. The second-order valence-electron chi connectivity index (χ2n) is 5.01. The second kappa shape index (κ2) is 5.71. The van der Waals surface area contributed by atoms with Crippen molar-refractivity contribution >= 4 is 5.71 Å². The van der Waals surface area contributed by atoms with Crippen molar-refractivity contribution in [2.45, 2.75) is 19.3 Å². The first kappa shape index (κ1) is 12.6. The summed E-state index contributed by atoms with van der Waals surface area (Å²) in [6.45, 7) is 0.815. The maximum atomic E-state index is 9.12. The van der Waals surface area contributed by atoms with Crippen molar-refractivity contribution in [2.75, 3.05) is 6.54 Å². The Balaban J connectivity index is 1.75. The molecule has 2 aromatic rings. The summed E-state index contributed by atoms with van der Waals surface area (Å²) < 4.78 is 0. The zero-order valence-corrected chi connectivity index (χ0v) is 11.3. The van der Waals surface area contributed by atoms with Gasteiger partial charge in [0, 0.05) is 17.8 Å². The maximum absolute atomic E-state index is 9.12. The number of nitrogens with zero attached hydrogens (tertiary/aromatic N) is 2. The van der Waals surface area contributed by atoms with E-state index in [9.17, 15) is 0 Å². The van der Waals surface area contributed by atoms with Crippen molar-refractivity contribution in [3.8, 4) is 6.07 Å². The summed E-state index contributed by atoms with van der Waals surface area (Å²) in [7, 11) is 0. The molecule has 20 heavy (non-hydrogen) atoms. The van der Waals surface area contributed by atoms with Gasteiger partial charge >= 0.3 is 0 Å². The Bertz CT molecular complexity index is 678. The van der Waals surface area contributed by atoms with E-state index in [1.54, 1.807) is 0 Å². The number of aliphatic imine (C=N–C) groups is 1. The first-order valence-corrected chi connectivity index (χ1v) is 6.98. The van der Waals surface area contributed by atoms with Gasteiger partial charge in [0.15, 0.2) is 0 Å². The molecule has 1 aliphatic rings. The SMILES string of the molecule is N#Cc1cccc2c1CC/C2=N/CCc1ccccc1. The number of hydrogen-bond acceptors (Lipinski definition) is 2. The van der Waals surface area contributed by atoms with Crippen LogP contribution in [0.25, 0.3) is 0 Å². The van der Waals surface area contributed by atoms with Crippen LogP contribution in [0.5, 0.6) is 0 Å². The van der Waals surface area contributed by atoms with Gasteiger partial charge in [-0.1, -0.05) is 42.5 Å². The second-order valence-corrected chi connectivity index (χ2v) is 5.01. The minimum atomic E-state index is 0.802. The van der Waals surface area contributed by atoms with Gasteiger partial charge < -0.3 is 0 Å². The lowest BCUT2D eigenvalue weighted by atomic mass is 10.0. The lowest BCUT2D eigenvalue weighted by molar-refractivity contribution is 0.959. The molecule has 0 radical (unpaired) electrons. The highest BCUT2D eigenvalue weighted by Crippen LogP contribution is 2.25.